The average Bonchev–Trinajstić information content (AvgIpc) is 2.00. The Morgan fingerprint density at radius 1 is 1.33 bits per heavy atom. The molecule has 1 N–H and O–H groups in total. The molecule has 1 radical (unpaired) electrons. The second-order valence-electron chi connectivity index (χ2n) is 3.17. The van der Waals surface area contributed by atoms with E-state index in [0.29, 0.717) is 0 Å². The van der Waals surface area contributed by atoms with E-state index in [-0.39, 0.29) is 0 Å². The first-order chi connectivity index (χ1) is 5.66. The molecule has 0 aromatic rings. The number of hydrogen-bond acceptors (Lipinski definition) is 1. The van der Waals surface area contributed by atoms with E-state index >= 15 is 0 Å². The van der Waals surface area contributed by atoms with Crippen LogP contribution in [0.25, 0.3) is 0 Å². The Morgan fingerprint density at radius 3 is 2.50 bits per heavy atom. The normalized spacial score (nSPS) is 9.17. The van der Waals surface area contributed by atoms with Crippen LogP contribution >= 0.6 is 0 Å². The van der Waals surface area contributed by atoms with E-state index in [0.717, 1.165) is 31.3 Å². The largest absolute Gasteiger partial charge is 0.436 e. The van der Waals surface area contributed by atoms with Gasteiger partial charge in [0, 0.05) is 0 Å². The summed E-state index contributed by atoms with van der Waals surface area (Å²) in [6.07, 6.45) is 4.34. The summed E-state index contributed by atoms with van der Waals surface area (Å²) in [7, 11) is 2.03. The maximum atomic E-state index is 3.92. The lowest BCUT2D eigenvalue weighted by Gasteiger charge is -2.06. The summed E-state index contributed by atoms with van der Waals surface area (Å²) in [6.45, 7) is 11.9. The summed E-state index contributed by atoms with van der Waals surface area (Å²) < 4.78 is 0. The van der Waals surface area contributed by atoms with Crippen molar-refractivity contribution >= 4 is 7.41 Å². The van der Waals surface area contributed by atoms with Gasteiger partial charge in [-0.25, -0.2) is 0 Å². The molecule has 0 aromatic carbocycles. The molecule has 0 saturated heterocycles. The lowest BCUT2D eigenvalue weighted by atomic mass is 9.90. The molecule has 0 aliphatic rings. The van der Waals surface area contributed by atoms with Gasteiger partial charge in [0.2, 0.25) is 7.41 Å². The third-order valence-corrected chi connectivity index (χ3v) is 1.59. The van der Waals surface area contributed by atoms with Crippen molar-refractivity contribution in [3.05, 3.63) is 24.4 Å². The Bertz CT molecular complexity index is 152. The smallest absolute Gasteiger partial charge is 0.242 e. The summed E-state index contributed by atoms with van der Waals surface area (Å²) >= 11 is 0. The van der Waals surface area contributed by atoms with Crippen LogP contribution in [0.5, 0.6) is 0 Å². The highest BCUT2D eigenvalue weighted by atomic mass is 14.8. The van der Waals surface area contributed by atoms with Crippen LogP contribution in [0.3, 0.4) is 0 Å². The van der Waals surface area contributed by atoms with Crippen LogP contribution in [-0.4, -0.2) is 7.41 Å². The van der Waals surface area contributed by atoms with Gasteiger partial charge in [0.15, 0.2) is 0 Å². The van der Waals surface area contributed by atoms with E-state index in [2.05, 4.69) is 32.2 Å². The molecule has 0 heterocycles. The minimum absolute atomic E-state index is 1.04. The van der Waals surface area contributed by atoms with Crippen molar-refractivity contribution < 1.29 is 0 Å². The van der Waals surface area contributed by atoms with Crippen LogP contribution in [-0.2, 0) is 0 Å². The lowest BCUT2D eigenvalue weighted by Crippen LogP contribution is -2.16. The molecule has 0 aliphatic carbocycles. The van der Waals surface area contributed by atoms with E-state index in [9.17, 15) is 0 Å². The van der Waals surface area contributed by atoms with Crippen LogP contribution in [0, 0.1) is 0 Å². The first-order valence-corrected chi connectivity index (χ1v) is 4.57. The van der Waals surface area contributed by atoms with Gasteiger partial charge in [-0.3, -0.25) is 0 Å². The number of rotatable bonds is 7. The first-order valence-electron chi connectivity index (χ1n) is 4.57. The maximum Gasteiger partial charge on any atom is 0.242 e. The molecule has 0 fully saturated rings. The molecule has 2 heteroatoms. The molecular weight excluding hydrogens is 145 g/mol. The molecule has 12 heavy (non-hydrogen) atoms. The maximum absolute atomic E-state index is 3.92. The zero-order chi connectivity index (χ0) is 9.40. The summed E-state index contributed by atoms with van der Waals surface area (Å²) in [5.74, 6) is 0. The third-order valence-electron chi connectivity index (χ3n) is 1.59. The Labute approximate surface area is 77.2 Å². The molecule has 0 aromatic heterocycles. The van der Waals surface area contributed by atoms with Crippen molar-refractivity contribution in [1.29, 1.82) is 0 Å². The molecule has 0 unspecified atom stereocenters. The summed E-state index contributed by atoms with van der Waals surface area (Å²) in [6, 6.07) is 0. The summed E-state index contributed by atoms with van der Waals surface area (Å²) in [5.41, 5.74) is 2.36. The molecule has 0 spiro atoms. The van der Waals surface area contributed by atoms with Crippen molar-refractivity contribution in [1.82, 2.24) is 5.23 Å². The minimum atomic E-state index is 1.04. The predicted octanol–water partition coefficient (Wildman–Crippen LogP) is 2.89. The quantitative estimate of drug-likeness (QED) is 0.450. The highest BCUT2D eigenvalue weighted by Gasteiger charge is 1.93. The summed E-state index contributed by atoms with van der Waals surface area (Å²) in [5, 5.41) is 3.16. The van der Waals surface area contributed by atoms with Crippen molar-refractivity contribution in [3.8, 4) is 0 Å². The lowest BCUT2D eigenvalue weighted by molar-refractivity contribution is 0.786. The number of hydrogen-bond donors (Lipinski definition) is 1. The van der Waals surface area contributed by atoms with Crippen LogP contribution < -0.4 is 5.23 Å². The van der Waals surface area contributed by atoms with Crippen molar-refractivity contribution in [2.45, 2.75) is 39.4 Å². The average molecular weight is 164 g/mol. The van der Waals surface area contributed by atoms with E-state index < -0.39 is 0 Å². The van der Waals surface area contributed by atoms with Crippen molar-refractivity contribution in [2.75, 3.05) is 0 Å². The van der Waals surface area contributed by atoms with Gasteiger partial charge in [-0.2, -0.15) is 0 Å². The molecule has 0 saturated carbocycles. The Kier molecular flexibility index (Phi) is 6.64. The van der Waals surface area contributed by atoms with Gasteiger partial charge >= 0.3 is 0 Å². The molecule has 0 atom stereocenters. The van der Waals surface area contributed by atoms with Crippen molar-refractivity contribution in [2.24, 2.45) is 0 Å². The van der Waals surface area contributed by atoms with Gasteiger partial charge in [-0.05, 0) is 31.9 Å². The highest BCUT2D eigenvalue weighted by Crippen LogP contribution is 2.06. The van der Waals surface area contributed by atoms with Crippen LogP contribution in [0.4, 0.5) is 0 Å². The van der Waals surface area contributed by atoms with Crippen LogP contribution in [0.15, 0.2) is 24.4 Å². The molecule has 67 valence electrons. The number of allylic oxidation sites excluding steroid dienone is 2. The fourth-order valence-corrected chi connectivity index (χ4v) is 0.922. The van der Waals surface area contributed by atoms with Gasteiger partial charge in [0.05, 0.1) is 0 Å². The van der Waals surface area contributed by atoms with Gasteiger partial charge < -0.3 is 5.23 Å². The van der Waals surface area contributed by atoms with Gasteiger partial charge in [-0.15, -0.1) is 6.58 Å². The van der Waals surface area contributed by atoms with E-state index in [4.69, 9.17) is 0 Å². The minimum Gasteiger partial charge on any atom is -0.436 e. The highest BCUT2D eigenvalue weighted by molar-refractivity contribution is 6.32. The van der Waals surface area contributed by atoms with Gasteiger partial charge in [-0.1, -0.05) is 25.4 Å². The topological polar surface area (TPSA) is 12.0 Å². The second-order valence-corrected chi connectivity index (χ2v) is 3.17. The van der Waals surface area contributed by atoms with E-state index in [1.807, 2.05) is 7.41 Å². The molecule has 0 amide bonds. The Balaban J connectivity index is 3.25. The third kappa shape index (κ3) is 7.45. The van der Waals surface area contributed by atoms with E-state index in [1.165, 1.54) is 5.57 Å². The second kappa shape index (κ2) is 7.02. The SMILES string of the molecule is C=C(C)CCCC(=C)N[B]CC. The fraction of sp³-hybridized carbons (Fsp3) is 0.600. The molecule has 0 rings (SSSR count). The fourth-order valence-electron chi connectivity index (χ4n) is 0.922. The summed E-state index contributed by atoms with van der Waals surface area (Å²) in [4.78, 5) is 0. The Morgan fingerprint density at radius 2 is 2.00 bits per heavy atom. The van der Waals surface area contributed by atoms with Gasteiger partial charge in [0.25, 0.3) is 0 Å². The van der Waals surface area contributed by atoms with Crippen molar-refractivity contribution in [3.63, 3.8) is 0 Å². The Hall–Kier alpha value is -0.655. The van der Waals surface area contributed by atoms with Crippen LogP contribution in [0.1, 0.15) is 33.1 Å². The zero-order valence-electron chi connectivity index (χ0n) is 8.32. The molecular formula is C10H19BN. The standard InChI is InChI=1S/C10H19BN/c1-5-11-12-10(4)8-6-7-9(2)3/h12H,2,4-8H2,1,3H3. The zero-order valence-corrected chi connectivity index (χ0v) is 8.32. The number of nitrogens with one attached hydrogen (secondary N) is 1. The predicted molar refractivity (Wildman–Crippen MR) is 57.2 cm³/mol. The van der Waals surface area contributed by atoms with E-state index in [1.54, 1.807) is 0 Å². The monoisotopic (exact) mass is 164 g/mol. The van der Waals surface area contributed by atoms with Gasteiger partial charge in [0.1, 0.15) is 0 Å². The van der Waals surface area contributed by atoms with Crippen LogP contribution in [0.2, 0.25) is 6.32 Å². The molecule has 0 aliphatic heterocycles. The first kappa shape index (κ1) is 11.3. The molecule has 0 bridgehead atoms. The molecule has 1 nitrogen and oxygen atoms in total.